The Morgan fingerprint density at radius 3 is 2.91 bits per heavy atom. The summed E-state index contributed by atoms with van der Waals surface area (Å²) in [5.74, 6) is 0.252. The Bertz CT molecular complexity index is 642. The number of thiophene rings is 1. The van der Waals surface area contributed by atoms with Gasteiger partial charge in [-0.05, 0) is 35.2 Å². The van der Waals surface area contributed by atoms with Gasteiger partial charge in [0.2, 0.25) is 5.88 Å². The quantitative estimate of drug-likeness (QED) is 0.922. The second-order valence-electron chi connectivity index (χ2n) is 5.91. The molecule has 0 aliphatic heterocycles. The number of carbonyl (C=O) groups excluding carboxylic acids is 1. The number of rotatable bonds is 5. The van der Waals surface area contributed by atoms with E-state index in [1.54, 1.807) is 29.3 Å². The third-order valence-corrected chi connectivity index (χ3v) is 5.20. The maximum absolute atomic E-state index is 12.5. The van der Waals surface area contributed by atoms with Crippen LogP contribution < -0.4 is 10.1 Å². The van der Waals surface area contributed by atoms with Gasteiger partial charge in [-0.2, -0.15) is 11.3 Å². The van der Waals surface area contributed by atoms with Gasteiger partial charge in [-0.1, -0.05) is 12.8 Å². The number of aryl methyl sites for hydroxylation is 1. The van der Waals surface area contributed by atoms with Crippen molar-refractivity contribution in [3.63, 3.8) is 0 Å². The molecule has 2 aromatic heterocycles. The van der Waals surface area contributed by atoms with Crippen molar-refractivity contribution < 1.29 is 9.53 Å². The monoisotopic (exact) mass is 319 g/mol. The van der Waals surface area contributed by atoms with Crippen LogP contribution in [-0.4, -0.2) is 29.3 Å². The average Bonchev–Trinajstić information content (AvgIpc) is 3.24. The normalized spacial score (nSPS) is 16.6. The molecule has 0 aromatic carbocycles. The van der Waals surface area contributed by atoms with Gasteiger partial charge in [-0.15, -0.1) is 5.10 Å². The maximum Gasteiger partial charge on any atom is 0.258 e. The molecule has 1 fully saturated rings. The minimum atomic E-state index is -0.119. The van der Waals surface area contributed by atoms with Crippen molar-refractivity contribution in [2.45, 2.75) is 31.1 Å². The van der Waals surface area contributed by atoms with Crippen LogP contribution >= 0.6 is 11.3 Å². The van der Waals surface area contributed by atoms with Gasteiger partial charge in [0.25, 0.3) is 5.91 Å². The zero-order valence-electron chi connectivity index (χ0n) is 13.0. The summed E-state index contributed by atoms with van der Waals surface area (Å²) in [4.78, 5) is 12.5. The molecule has 0 atom stereocenters. The highest BCUT2D eigenvalue weighted by Crippen LogP contribution is 2.41. The number of nitrogens with one attached hydrogen (secondary N) is 1. The largest absolute Gasteiger partial charge is 0.479 e. The van der Waals surface area contributed by atoms with Gasteiger partial charge in [-0.25, -0.2) is 0 Å². The van der Waals surface area contributed by atoms with Gasteiger partial charge in [0.05, 0.1) is 7.11 Å². The number of carbonyl (C=O) groups is 1. The van der Waals surface area contributed by atoms with E-state index in [0.29, 0.717) is 18.0 Å². The van der Waals surface area contributed by atoms with E-state index in [4.69, 9.17) is 4.74 Å². The third kappa shape index (κ3) is 2.75. The van der Waals surface area contributed by atoms with Gasteiger partial charge in [0.15, 0.2) is 0 Å². The zero-order chi connectivity index (χ0) is 15.6. The first-order valence-corrected chi connectivity index (χ1v) is 8.47. The van der Waals surface area contributed by atoms with E-state index in [9.17, 15) is 4.79 Å². The first-order chi connectivity index (χ1) is 10.6. The Morgan fingerprint density at radius 2 is 2.27 bits per heavy atom. The highest BCUT2D eigenvalue weighted by Gasteiger charge is 2.36. The number of hydrogen-bond acceptors (Lipinski definition) is 4. The second-order valence-corrected chi connectivity index (χ2v) is 6.69. The standard InChI is InChI=1S/C16H21N3O2S/c1-19-9-13(15(18-19)21-2)14(20)17-11-16(6-3-4-7-16)12-5-8-22-10-12/h5,8-10H,3-4,6-7,11H2,1-2H3,(H,17,20). The summed E-state index contributed by atoms with van der Waals surface area (Å²) in [5, 5.41) is 11.5. The number of nitrogens with zero attached hydrogens (tertiary/aromatic N) is 2. The Kier molecular flexibility index (Phi) is 4.20. The molecule has 1 aliphatic rings. The number of methoxy groups -OCH3 is 1. The van der Waals surface area contributed by atoms with E-state index in [-0.39, 0.29) is 11.3 Å². The van der Waals surface area contributed by atoms with Crippen LogP contribution in [0.5, 0.6) is 5.88 Å². The van der Waals surface area contributed by atoms with Gasteiger partial charge in [0, 0.05) is 25.2 Å². The van der Waals surface area contributed by atoms with Crippen LogP contribution in [0.25, 0.3) is 0 Å². The number of hydrogen-bond donors (Lipinski definition) is 1. The van der Waals surface area contributed by atoms with Crippen LogP contribution in [0.4, 0.5) is 0 Å². The summed E-state index contributed by atoms with van der Waals surface area (Å²) in [7, 11) is 3.31. The van der Waals surface area contributed by atoms with Gasteiger partial charge in [0.1, 0.15) is 5.56 Å². The molecule has 118 valence electrons. The van der Waals surface area contributed by atoms with Crippen LogP contribution in [0.3, 0.4) is 0 Å². The van der Waals surface area contributed by atoms with E-state index >= 15 is 0 Å². The maximum atomic E-state index is 12.5. The molecule has 0 unspecified atom stereocenters. The Labute approximate surface area is 134 Å². The Hall–Kier alpha value is -1.82. The highest BCUT2D eigenvalue weighted by atomic mass is 32.1. The number of amides is 1. The van der Waals surface area contributed by atoms with Crippen molar-refractivity contribution in [1.82, 2.24) is 15.1 Å². The topological polar surface area (TPSA) is 56.2 Å². The molecular weight excluding hydrogens is 298 g/mol. The molecule has 3 rings (SSSR count). The van der Waals surface area contributed by atoms with E-state index in [0.717, 1.165) is 12.8 Å². The predicted molar refractivity (Wildman–Crippen MR) is 86.6 cm³/mol. The van der Waals surface area contributed by atoms with Crippen molar-refractivity contribution in [3.05, 3.63) is 34.2 Å². The van der Waals surface area contributed by atoms with Crippen LogP contribution in [0, 0.1) is 0 Å². The molecule has 2 heterocycles. The lowest BCUT2D eigenvalue weighted by Crippen LogP contribution is -2.38. The first kappa shape index (κ1) is 15.1. The summed E-state index contributed by atoms with van der Waals surface area (Å²) in [5.41, 5.74) is 1.93. The fourth-order valence-corrected chi connectivity index (χ4v) is 4.08. The van der Waals surface area contributed by atoms with Crippen molar-refractivity contribution >= 4 is 17.2 Å². The molecule has 1 aliphatic carbocycles. The first-order valence-electron chi connectivity index (χ1n) is 7.53. The highest BCUT2D eigenvalue weighted by molar-refractivity contribution is 7.08. The second kappa shape index (κ2) is 6.12. The zero-order valence-corrected chi connectivity index (χ0v) is 13.8. The Morgan fingerprint density at radius 1 is 1.50 bits per heavy atom. The number of aromatic nitrogens is 2. The molecule has 6 heteroatoms. The van der Waals surface area contributed by atoms with Crippen LogP contribution in [-0.2, 0) is 12.5 Å². The van der Waals surface area contributed by atoms with Gasteiger partial charge in [-0.3, -0.25) is 9.48 Å². The van der Waals surface area contributed by atoms with E-state index < -0.39 is 0 Å². The van der Waals surface area contributed by atoms with Crippen LogP contribution in [0.2, 0.25) is 0 Å². The lowest BCUT2D eigenvalue weighted by atomic mass is 9.80. The third-order valence-electron chi connectivity index (χ3n) is 4.51. The molecule has 1 N–H and O–H groups in total. The predicted octanol–water partition coefficient (Wildman–Crippen LogP) is 2.73. The molecule has 0 saturated heterocycles. The fraction of sp³-hybridized carbons (Fsp3) is 0.500. The molecule has 0 radical (unpaired) electrons. The molecule has 22 heavy (non-hydrogen) atoms. The van der Waals surface area contributed by atoms with Gasteiger partial charge < -0.3 is 10.1 Å². The molecule has 2 aromatic rings. The van der Waals surface area contributed by atoms with E-state index in [1.165, 1.54) is 25.5 Å². The summed E-state index contributed by atoms with van der Waals surface area (Å²) < 4.78 is 6.76. The van der Waals surface area contributed by atoms with Crippen LogP contribution in [0.1, 0.15) is 41.6 Å². The van der Waals surface area contributed by atoms with Crippen LogP contribution in [0.15, 0.2) is 23.0 Å². The van der Waals surface area contributed by atoms with Crippen molar-refractivity contribution in [1.29, 1.82) is 0 Å². The smallest absolute Gasteiger partial charge is 0.258 e. The number of ether oxygens (including phenoxy) is 1. The lowest BCUT2D eigenvalue weighted by molar-refractivity contribution is 0.0940. The minimum Gasteiger partial charge on any atom is -0.479 e. The molecule has 1 saturated carbocycles. The lowest BCUT2D eigenvalue weighted by Gasteiger charge is -2.28. The van der Waals surface area contributed by atoms with Crippen molar-refractivity contribution in [3.8, 4) is 5.88 Å². The Balaban J connectivity index is 1.74. The molecule has 0 spiro atoms. The van der Waals surface area contributed by atoms with Crippen molar-refractivity contribution in [2.75, 3.05) is 13.7 Å². The van der Waals surface area contributed by atoms with Crippen molar-refractivity contribution in [2.24, 2.45) is 7.05 Å². The molecular formula is C16H21N3O2S. The summed E-state index contributed by atoms with van der Waals surface area (Å²) in [6.07, 6.45) is 6.41. The van der Waals surface area contributed by atoms with E-state index in [2.05, 4.69) is 27.2 Å². The fourth-order valence-electron chi connectivity index (χ4n) is 3.30. The average molecular weight is 319 g/mol. The molecule has 5 nitrogen and oxygen atoms in total. The van der Waals surface area contributed by atoms with E-state index in [1.807, 2.05) is 0 Å². The summed E-state index contributed by atoms with van der Waals surface area (Å²) in [6, 6.07) is 2.19. The molecule has 1 amide bonds. The molecule has 0 bridgehead atoms. The summed E-state index contributed by atoms with van der Waals surface area (Å²) >= 11 is 1.72. The van der Waals surface area contributed by atoms with Gasteiger partial charge >= 0.3 is 0 Å². The SMILES string of the molecule is COc1nn(C)cc1C(=O)NCC1(c2ccsc2)CCCC1. The summed E-state index contributed by atoms with van der Waals surface area (Å²) in [6.45, 7) is 0.667. The minimum absolute atomic E-state index is 0.0884.